The van der Waals surface area contributed by atoms with E-state index < -0.39 is 7.14 Å². The Morgan fingerprint density at radius 3 is 1.38 bits per heavy atom. The van der Waals surface area contributed by atoms with Gasteiger partial charge in [-0.1, -0.05) is 70.6 Å². The monoisotopic (exact) mass is 310 g/mol. The second kappa shape index (κ2) is 7.67. The Kier molecular flexibility index (Phi) is 5.88. The fourth-order valence-corrected chi connectivity index (χ4v) is 10.2. The van der Waals surface area contributed by atoms with Gasteiger partial charge in [-0.2, -0.15) is 0 Å². The van der Waals surface area contributed by atoms with Crippen LogP contribution in [0.15, 0.2) is 0 Å². The predicted octanol–water partition coefficient (Wildman–Crippen LogP) is 6.60. The Bertz CT molecular complexity index is 325. The Hall–Kier alpha value is 0.230. The van der Waals surface area contributed by atoms with E-state index in [4.69, 9.17) is 0 Å². The lowest BCUT2D eigenvalue weighted by Crippen LogP contribution is -2.28. The van der Waals surface area contributed by atoms with Crippen molar-refractivity contribution in [2.75, 3.05) is 6.16 Å². The van der Waals surface area contributed by atoms with E-state index in [-0.39, 0.29) is 0 Å². The molecular formula is C19H35OP. The summed E-state index contributed by atoms with van der Waals surface area (Å²) in [4.78, 5) is 0. The third kappa shape index (κ3) is 3.95. The van der Waals surface area contributed by atoms with Crippen LogP contribution in [0.5, 0.6) is 0 Å². The fourth-order valence-electron chi connectivity index (χ4n) is 5.41. The zero-order valence-electron chi connectivity index (χ0n) is 13.9. The van der Waals surface area contributed by atoms with Gasteiger partial charge in [0.05, 0.1) is 7.14 Å². The molecule has 122 valence electrons. The maximum Gasteiger partial charge on any atom is 0.0938 e. The third-order valence-corrected chi connectivity index (χ3v) is 11.2. The van der Waals surface area contributed by atoms with Crippen molar-refractivity contribution in [2.24, 2.45) is 5.92 Å². The Morgan fingerprint density at radius 2 is 0.952 bits per heavy atom. The molecule has 0 aromatic heterocycles. The average molecular weight is 310 g/mol. The first-order valence-electron chi connectivity index (χ1n) is 9.87. The summed E-state index contributed by atoms with van der Waals surface area (Å²) in [5.74, 6) is 0.813. The highest BCUT2D eigenvalue weighted by Gasteiger charge is 2.42. The summed E-state index contributed by atoms with van der Waals surface area (Å²) in [6.07, 6.45) is 21.5. The summed E-state index contributed by atoms with van der Waals surface area (Å²) >= 11 is 0. The van der Waals surface area contributed by atoms with Gasteiger partial charge in [0.1, 0.15) is 0 Å². The van der Waals surface area contributed by atoms with Gasteiger partial charge in [0, 0.05) is 17.5 Å². The van der Waals surface area contributed by atoms with Gasteiger partial charge in [-0.05, 0) is 31.6 Å². The molecule has 0 N–H and O–H groups in total. The highest BCUT2D eigenvalue weighted by atomic mass is 31.2. The maximum atomic E-state index is 14.2. The van der Waals surface area contributed by atoms with Gasteiger partial charge in [-0.25, -0.2) is 0 Å². The summed E-state index contributed by atoms with van der Waals surface area (Å²) in [7, 11) is -1.94. The molecule has 0 aromatic rings. The maximum absolute atomic E-state index is 14.2. The van der Waals surface area contributed by atoms with Gasteiger partial charge in [-0.3, -0.25) is 0 Å². The highest BCUT2D eigenvalue weighted by Crippen LogP contribution is 2.64. The van der Waals surface area contributed by atoms with Crippen LogP contribution >= 0.6 is 7.14 Å². The van der Waals surface area contributed by atoms with Crippen molar-refractivity contribution in [1.82, 2.24) is 0 Å². The van der Waals surface area contributed by atoms with Crippen LogP contribution in [0.3, 0.4) is 0 Å². The summed E-state index contributed by atoms with van der Waals surface area (Å²) in [5, 5.41) is 0. The minimum Gasteiger partial charge on any atom is -0.323 e. The molecule has 0 radical (unpaired) electrons. The van der Waals surface area contributed by atoms with E-state index in [1.54, 1.807) is 0 Å². The second-order valence-electron chi connectivity index (χ2n) is 8.12. The van der Waals surface area contributed by atoms with E-state index in [2.05, 4.69) is 0 Å². The molecule has 0 spiro atoms. The van der Waals surface area contributed by atoms with E-state index in [1.165, 1.54) is 96.3 Å². The predicted molar refractivity (Wildman–Crippen MR) is 92.8 cm³/mol. The van der Waals surface area contributed by atoms with Crippen molar-refractivity contribution in [3.8, 4) is 0 Å². The van der Waals surface area contributed by atoms with Crippen molar-refractivity contribution in [3.63, 3.8) is 0 Å². The number of hydrogen-bond acceptors (Lipinski definition) is 1. The Morgan fingerprint density at radius 1 is 0.571 bits per heavy atom. The lowest BCUT2D eigenvalue weighted by atomic mass is 9.91. The zero-order chi connectivity index (χ0) is 14.5. The highest BCUT2D eigenvalue weighted by molar-refractivity contribution is 7.65. The first kappa shape index (κ1) is 16.1. The summed E-state index contributed by atoms with van der Waals surface area (Å²) in [6, 6.07) is 0. The number of rotatable bonds is 4. The van der Waals surface area contributed by atoms with Gasteiger partial charge in [0.25, 0.3) is 0 Å². The number of hydrogen-bond donors (Lipinski definition) is 0. The van der Waals surface area contributed by atoms with Crippen LogP contribution < -0.4 is 0 Å². The minimum atomic E-state index is -1.94. The van der Waals surface area contributed by atoms with Crippen molar-refractivity contribution in [2.45, 2.75) is 108 Å². The van der Waals surface area contributed by atoms with Gasteiger partial charge >= 0.3 is 0 Å². The molecule has 0 heterocycles. The van der Waals surface area contributed by atoms with Gasteiger partial charge in [0.15, 0.2) is 0 Å². The van der Waals surface area contributed by atoms with E-state index in [1.807, 2.05) is 0 Å². The molecule has 1 nitrogen and oxygen atoms in total. The molecule has 0 amide bonds. The minimum absolute atomic E-state index is 0.622. The average Bonchev–Trinajstić information content (AvgIpc) is 2.57. The summed E-state index contributed by atoms with van der Waals surface area (Å²) < 4.78 is 14.2. The molecule has 0 atom stereocenters. The van der Waals surface area contributed by atoms with E-state index in [0.29, 0.717) is 11.3 Å². The topological polar surface area (TPSA) is 17.1 Å². The SMILES string of the molecule is O=P(CC1CCCCC1)(C1CCCCC1)C1CCCCC1. The lowest BCUT2D eigenvalue weighted by molar-refractivity contribution is 0.375. The summed E-state index contributed by atoms with van der Waals surface area (Å²) in [6.45, 7) is 0. The smallest absolute Gasteiger partial charge is 0.0938 e. The lowest BCUT2D eigenvalue weighted by Gasteiger charge is -2.40. The van der Waals surface area contributed by atoms with E-state index in [0.717, 1.165) is 12.1 Å². The zero-order valence-corrected chi connectivity index (χ0v) is 14.8. The van der Waals surface area contributed by atoms with Crippen molar-refractivity contribution >= 4 is 7.14 Å². The molecule has 21 heavy (non-hydrogen) atoms. The van der Waals surface area contributed by atoms with Crippen LogP contribution in [-0.4, -0.2) is 17.5 Å². The van der Waals surface area contributed by atoms with Crippen LogP contribution in [0.1, 0.15) is 96.3 Å². The van der Waals surface area contributed by atoms with E-state index >= 15 is 0 Å². The first-order chi connectivity index (χ1) is 10.3. The van der Waals surface area contributed by atoms with Crippen molar-refractivity contribution < 1.29 is 4.57 Å². The summed E-state index contributed by atoms with van der Waals surface area (Å²) in [5.41, 5.74) is 1.24. The Balaban J connectivity index is 1.73. The quantitative estimate of drug-likeness (QED) is 0.535. The molecule has 0 saturated heterocycles. The van der Waals surface area contributed by atoms with Crippen LogP contribution in [0.4, 0.5) is 0 Å². The normalized spacial score (nSPS) is 27.8. The second-order valence-corrected chi connectivity index (χ2v) is 11.7. The van der Waals surface area contributed by atoms with Crippen molar-refractivity contribution in [3.05, 3.63) is 0 Å². The molecular weight excluding hydrogens is 275 g/mol. The first-order valence-corrected chi connectivity index (χ1v) is 11.9. The van der Waals surface area contributed by atoms with Crippen LogP contribution in [0.2, 0.25) is 0 Å². The fraction of sp³-hybridized carbons (Fsp3) is 1.00. The molecule has 2 heteroatoms. The molecule has 0 aliphatic heterocycles. The molecule has 3 saturated carbocycles. The largest absolute Gasteiger partial charge is 0.323 e. The Labute approximate surface area is 132 Å². The van der Waals surface area contributed by atoms with Crippen LogP contribution in [0.25, 0.3) is 0 Å². The molecule has 0 unspecified atom stereocenters. The molecule has 0 bridgehead atoms. The van der Waals surface area contributed by atoms with Gasteiger partial charge in [-0.15, -0.1) is 0 Å². The molecule has 3 aliphatic carbocycles. The third-order valence-electron chi connectivity index (χ3n) is 6.65. The molecule has 3 fully saturated rings. The van der Waals surface area contributed by atoms with Crippen LogP contribution in [0, 0.1) is 5.92 Å². The van der Waals surface area contributed by atoms with Gasteiger partial charge < -0.3 is 4.57 Å². The standard InChI is InChI=1S/C19H35OP/c20-21(18-12-6-2-7-13-18,19-14-8-3-9-15-19)16-17-10-4-1-5-11-17/h17-19H,1-16H2. The van der Waals surface area contributed by atoms with Crippen LogP contribution in [-0.2, 0) is 4.57 Å². The molecule has 0 aromatic carbocycles. The molecule has 3 rings (SSSR count). The molecule has 3 aliphatic rings. The van der Waals surface area contributed by atoms with E-state index in [9.17, 15) is 4.57 Å². The van der Waals surface area contributed by atoms with Crippen molar-refractivity contribution in [1.29, 1.82) is 0 Å². The van der Waals surface area contributed by atoms with Gasteiger partial charge in [0.2, 0.25) is 0 Å².